The van der Waals surface area contributed by atoms with Gasteiger partial charge < -0.3 is 10.5 Å². The Bertz CT molecular complexity index is 197. The van der Waals surface area contributed by atoms with Gasteiger partial charge in [-0.1, -0.05) is 6.42 Å². The van der Waals surface area contributed by atoms with E-state index >= 15 is 0 Å². The lowest BCUT2D eigenvalue weighted by atomic mass is 10.0. The highest BCUT2D eigenvalue weighted by Gasteiger charge is 2.31. The summed E-state index contributed by atoms with van der Waals surface area (Å²) >= 11 is 0. The molecule has 2 N–H and O–H groups in total. The van der Waals surface area contributed by atoms with Crippen molar-refractivity contribution in [3.8, 4) is 0 Å². The fourth-order valence-electron chi connectivity index (χ4n) is 2.01. The topological polar surface area (TPSA) is 55.6 Å². The molecule has 2 unspecified atom stereocenters. The highest BCUT2D eigenvalue weighted by molar-refractivity contribution is 5.75. The van der Waals surface area contributed by atoms with Gasteiger partial charge in [-0.05, 0) is 26.3 Å². The van der Waals surface area contributed by atoms with Crippen LogP contribution in [0.5, 0.6) is 0 Å². The molecule has 4 heteroatoms. The number of nitrogens with zero attached hydrogens (tertiary/aromatic N) is 1. The number of carbonyl (C=O) groups excluding carboxylic acids is 1. The van der Waals surface area contributed by atoms with Gasteiger partial charge in [0.2, 0.25) is 0 Å². The van der Waals surface area contributed by atoms with E-state index < -0.39 is 0 Å². The van der Waals surface area contributed by atoms with Gasteiger partial charge in [0.05, 0.1) is 7.11 Å². The van der Waals surface area contributed by atoms with Gasteiger partial charge in [-0.2, -0.15) is 0 Å². The molecule has 2 atom stereocenters. The number of nitrogens with two attached hydrogens (primary N) is 1. The molecule has 1 heterocycles. The van der Waals surface area contributed by atoms with Gasteiger partial charge >= 0.3 is 5.97 Å². The van der Waals surface area contributed by atoms with E-state index in [0.717, 1.165) is 25.8 Å². The van der Waals surface area contributed by atoms with Crippen molar-refractivity contribution < 1.29 is 9.53 Å². The zero-order valence-corrected chi connectivity index (χ0v) is 9.03. The molecule has 1 rings (SSSR count). The molecule has 0 aromatic carbocycles. The number of piperidine rings is 1. The Balaban J connectivity index is 2.63. The summed E-state index contributed by atoms with van der Waals surface area (Å²) < 4.78 is 4.79. The van der Waals surface area contributed by atoms with Crippen LogP contribution in [-0.2, 0) is 9.53 Å². The SMILES string of the molecule is COC(=O)C1CCCCN1C(C)CN. The molecule has 1 saturated heterocycles. The van der Waals surface area contributed by atoms with Crippen molar-refractivity contribution in [3.05, 3.63) is 0 Å². The van der Waals surface area contributed by atoms with Crippen molar-refractivity contribution in [1.29, 1.82) is 0 Å². The van der Waals surface area contributed by atoms with E-state index in [0.29, 0.717) is 6.54 Å². The molecule has 1 aliphatic rings. The first-order valence-corrected chi connectivity index (χ1v) is 5.24. The molecule has 0 bridgehead atoms. The van der Waals surface area contributed by atoms with Crippen molar-refractivity contribution in [1.82, 2.24) is 4.90 Å². The first-order chi connectivity index (χ1) is 6.70. The van der Waals surface area contributed by atoms with Gasteiger partial charge in [-0.3, -0.25) is 9.69 Å². The summed E-state index contributed by atoms with van der Waals surface area (Å²) in [7, 11) is 1.45. The first-order valence-electron chi connectivity index (χ1n) is 5.24. The molecule has 0 spiro atoms. The van der Waals surface area contributed by atoms with Crippen molar-refractivity contribution >= 4 is 5.97 Å². The summed E-state index contributed by atoms with van der Waals surface area (Å²) in [6.45, 7) is 3.60. The van der Waals surface area contributed by atoms with E-state index in [1.54, 1.807) is 0 Å². The molecule has 4 nitrogen and oxygen atoms in total. The van der Waals surface area contributed by atoms with Crippen molar-refractivity contribution in [2.75, 3.05) is 20.2 Å². The number of esters is 1. The fraction of sp³-hybridized carbons (Fsp3) is 0.900. The Morgan fingerprint density at radius 2 is 2.36 bits per heavy atom. The van der Waals surface area contributed by atoms with Gasteiger partial charge in [0, 0.05) is 12.6 Å². The third kappa shape index (κ3) is 2.45. The second-order valence-electron chi connectivity index (χ2n) is 3.86. The van der Waals surface area contributed by atoms with Gasteiger partial charge in [-0.25, -0.2) is 0 Å². The maximum Gasteiger partial charge on any atom is 0.323 e. The first kappa shape index (κ1) is 11.5. The molecule has 1 aliphatic heterocycles. The van der Waals surface area contributed by atoms with Crippen LogP contribution < -0.4 is 5.73 Å². The highest BCUT2D eigenvalue weighted by atomic mass is 16.5. The minimum absolute atomic E-state index is 0.0766. The molecule has 14 heavy (non-hydrogen) atoms. The fourth-order valence-corrected chi connectivity index (χ4v) is 2.01. The molecular weight excluding hydrogens is 180 g/mol. The lowest BCUT2D eigenvalue weighted by molar-refractivity contribution is -0.149. The summed E-state index contributed by atoms with van der Waals surface area (Å²) in [5, 5.41) is 0. The molecule has 82 valence electrons. The monoisotopic (exact) mass is 200 g/mol. The maximum absolute atomic E-state index is 11.5. The molecule has 0 aromatic heterocycles. The standard InChI is InChI=1S/C10H20N2O2/c1-8(7-11)12-6-4-3-5-9(12)10(13)14-2/h8-9H,3-7,11H2,1-2H3. The lowest BCUT2D eigenvalue weighted by Crippen LogP contribution is -2.51. The quantitative estimate of drug-likeness (QED) is 0.668. The largest absolute Gasteiger partial charge is 0.468 e. The number of hydrogen-bond donors (Lipinski definition) is 1. The third-order valence-electron chi connectivity index (χ3n) is 2.92. The van der Waals surface area contributed by atoms with Crippen molar-refractivity contribution in [2.24, 2.45) is 5.73 Å². The summed E-state index contributed by atoms with van der Waals surface area (Å²) in [6.07, 6.45) is 3.16. The van der Waals surface area contributed by atoms with E-state index in [4.69, 9.17) is 10.5 Å². The zero-order valence-electron chi connectivity index (χ0n) is 9.03. The number of carbonyl (C=O) groups is 1. The number of methoxy groups -OCH3 is 1. The maximum atomic E-state index is 11.5. The highest BCUT2D eigenvalue weighted by Crippen LogP contribution is 2.20. The normalized spacial score (nSPS) is 25.8. The Hall–Kier alpha value is -0.610. The number of ether oxygens (including phenoxy) is 1. The minimum Gasteiger partial charge on any atom is -0.468 e. The van der Waals surface area contributed by atoms with Crippen LogP contribution in [0.2, 0.25) is 0 Å². The Labute approximate surface area is 85.4 Å². The molecule has 1 fully saturated rings. The predicted octanol–water partition coefficient (Wildman–Crippen LogP) is 0.361. The average molecular weight is 200 g/mol. The summed E-state index contributed by atoms with van der Waals surface area (Å²) in [5.74, 6) is -0.120. The van der Waals surface area contributed by atoms with E-state index in [1.165, 1.54) is 7.11 Å². The molecule has 0 saturated carbocycles. The van der Waals surface area contributed by atoms with Crippen LogP contribution in [0.15, 0.2) is 0 Å². The minimum atomic E-state index is -0.120. The predicted molar refractivity (Wildman–Crippen MR) is 54.9 cm³/mol. The number of hydrogen-bond acceptors (Lipinski definition) is 4. The average Bonchev–Trinajstić information content (AvgIpc) is 2.27. The van der Waals surface area contributed by atoms with E-state index in [2.05, 4.69) is 11.8 Å². The van der Waals surface area contributed by atoms with E-state index in [9.17, 15) is 4.79 Å². The lowest BCUT2D eigenvalue weighted by Gasteiger charge is -2.37. The van der Waals surface area contributed by atoms with Crippen LogP contribution in [0.3, 0.4) is 0 Å². The van der Waals surface area contributed by atoms with Gasteiger partial charge in [0.15, 0.2) is 0 Å². The molecule has 0 radical (unpaired) electrons. The second-order valence-corrected chi connectivity index (χ2v) is 3.86. The Kier molecular flexibility index (Phi) is 4.35. The van der Waals surface area contributed by atoms with Crippen molar-refractivity contribution in [2.45, 2.75) is 38.3 Å². The smallest absolute Gasteiger partial charge is 0.323 e. The zero-order chi connectivity index (χ0) is 10.6. The van der Waals surface area contributed by atoms with Crippen molar-refractivity contribution in [3.63, 3.8) is 0 Å². The molecule has 0 aliphatic carbocycles. The van der Waals surface area contributed by atoms with Crippen LogP contribution in [0.4, 0.5) is 0 Å². The number of rotatable bonds is 3. The van der Waals surface area contributed by atoms with Crippen LogP contribution in [0.1, 0.15) is 26.2 Å². The van der Waals surface area contributed by atoms with Crippen LogP contribution in [0, 0.1) is 0 Å². The Morgan fingerprint density at radius 3 is 2.93 bits per heavy atom. The van der Waals surface area contributed by atoms with E-state index in [1.807, 2.05) is 0 Å². The van der Waals surface area contributed by atoms with Gasteiger partial charge in [-0.15, -0.1) is 0 Å². The van der Waals surface area contributed by atoms with Crippen LogP contribution >= 0.6 is 0 Å². The summed E-state index contributed by atoms with van der Waals surface area (Å²) in [4.78, 5) is 13.7. The van der Waals surface area contributed by atoms with Crippen LogP contribution in [-0.4, -0.2) is 43.2 Å². The Morgan fingerprint density at radius 1 is 1.64 bits per heavy atom. The summed E-state index contributed by atoms with van der Waals surface area (Å²) in [5.41, 5.74) is 5.61. The van der Waals surface area contributed by atoms with Gasteiger partial charge in [0.25, 0.3) is 0 Å². The second kappa shape index (κ2) is 5.32. The van der Waals surface area contributed by atoms with Gasteiger partial charge in [0.1, 0.15) is 6.04 Å². The summed E-state index contributed by atoms with van der Waals surface area (Å²) in [6, 6.07) is 0.187. The van der Waals surface area contributed by atoms with Crippen LogP contribution in [0.25, 0.3) is 0 Å². The molecule has 0 amide bonds. The number of likely N-dealkylation sites (tertiary alicyclic amines) is 1. The molecular formula is C10H20N2O2. The molecule has 0 aromatic rings. The van der Waals surface area contributed by atoms with E-state index in [-0.39, 0.29) is 18.1 Å². The third-order valence-corrected chi connectivity index (χ3v) is 2.92.